The second kappa shape index (κ2) is 3.95. The largest absolute Gasteiger partial charge is 0.385 e. The lowest BCUT2D eigenvalue weighted by Crippen LogP contribution is -2.29. The summed E-state index contributed by atoms with van der Waals surface area (Å²) in [5, 5.41) is 3.49. The Bertz CT molecular complexity index is 226. The molecule has 1 saturated carbocycles. The average molecular weight is 179 g/mol. The fourth-order valence-electron chi connectivity index (χ4n) is 2.22. The lowest BCUT2D eigenvalue weighted by molar-refractivity contribution is -0.114. The summed E-state index contributed by atoms with van der Waals surface area (Å²) in [4.78, 5) is 11.0. The van der Waals surface area contributed by atoms with Crippen molar-refractivity contribution in [1.82, 2.24) is 5.32 Å². The maximum Gasteiger partial charge on any atom is 0.157 e. The van der Waals surface area contributed by atoms with E-state index in [1.165, 1.54) is 37.8 Å². The molecule has 0 aromatic carbocycles. The Morgan fingerprint density at radius 3 is 2.54 bits per heavy atom. The van der Waals surface area contributed by atoms with Gasteiger partial charge in [0, 0.05) is 24.2 Å². The smallest absolute Gasteiger partial charge is 0.157 e. The molecule has 0 unspecified atom stereocenters. The van der Waals surface area contributed by atoms with Crippen molar-refractivity contribution in [2.75, 3.05) is 0 Å². The molecule has 2 rings (SSSR count). The second-order valence-electron chi connectivity index (χ2n) is 4.12. The maximum atomic E-state index is 11.0. The molecule has 2 nitrogen and oxygen atoms in total. The van der Waals surface area contributed by atoms with Gasteiger partial charge in [-0.05, 0) is 19.3 Å². The quantitative estimate of drug-likeness (QED) is 0.703. The molecule has 2 aliphatic carbocycles. The first-order valence-electron chi connectivity index (χ1n) is 5.34. The minimum atomic E-state index is 0.290. The molecule has 0 saturated heterocycles. The predicted molar refractivity (Wildman–Crippen MR) is 52.3 cm³/mol. The van der Waals surface area contributed by atoms with Crippen LogP contribution in [0.5, 0.6) is 0 Å². The van der Waals surface area contributed by atoms with E-state index in [-0.39, 0.29) is 0 Å². The van der Waals surface area contributed by atoms with E-state index in [0.717, 1.165) is 12.8 Å². The molecule has 2 heteroatoms. The van der Waals surface area contributed by atoms with Gasteiger partial charge in [0.2, 0.25) is 0 Å². The van der Waals surface area contributed by atoms with Crippen molar-refractivity contribution >= 4 is 5.78 Å². The molecule has 0 bridgehead atoms. The van der Waals surface area contributed by atoms with Crippen LogP contribution in [0.15, 0.2) is 11.8 Å². The van der Waals surface area contributed by atoms with Crippen molar-refractivity contribution in [3.05, 3.63) is 11.8 Å². The van der Waals surface area contributed by atoms with Gasteiger partial charge in [0.25, 0.3) is 0 Å². The molecule has 0 aromatic rings. The zero-order chi connectivity index (χ0) is 9.10. The molecular weight excluding hydrogens is 162 g/mol. The summed E-state index contributed by atoms with van der Waals surface area (Å²) in [7, 11) is 0. The van der Waals surface area contributed by atoms with Gasteiger partial charge in [0.15, 0.2) is 5.78 Å². The number of carbonyl (C=O) groups is 1. The zero-order valence-electron chi connectivity index (χ0n) is 8.01. The van der Waals surface area contributed by atoms with Crippen molar-refractivity contribution < 1.29 is 4.79 Å². The normalized spacial score (nSPS) is 24.6. The first-order chi connectivity index (χ1) is 6.34. The average Bonchev–Trinajstić information content (AvgIpc) is 2.53. The molecule has 1 N–H and O–H groups in total. The standard InChI is InChI=1S/C11H17NO/c13-11-7-6-10(8-11)12-9-4-2-1-3-5-9/h8-9,12H,1-7H2. The van der Waals surface area contributed by atoms with Crippen LogP contribution in [-0.2, 0) is 4.79 Å². The number of rotatable bonds is 2. The summed E-state index contributed by atoms with van der Waals surface area (Å²) in [5.74, 6) is 0.290. The van der Waals surface area contributed by atoms with Crippen LogP contribution in [0.4, 0.5) is 0 Å². The van der Waals surface area contributed by atoms with Crippen molar-refractivity contribution in [3.8, 4) is 0 Å². The Kier molecular flexibility index (Phi) is 2.67. The van der Waals surface area contributed by atoms with Gasteiger partial charge in [-0.1, -0.05) is 19.3 Å². The van der Waals surface area contributed by atoms with Gasteiger partial charge in [-0.3, -0.25) is 4.79 Å². The highest BCUT2D eigenvalue weighted by molar-refractivity contribution is 5.92. The zero-order valence-corrected chi connectivity index (χ0v) is 8.01. The van der Waals surface area contributed by atoms with E-state index >= 15 is 0 Å². The van der Waals surface area contributed by atoms with E-state index in [9.17, 15) is 4.79 Å². The molecular formula is C11H17NO. The summed E-state index contributed by atoms with van der Waals surface area (Å²) in [6, 6.07) is 0.644. The Morgan fingerprint density at radius 2 is 1.92 bits per heavy atom. The van der Waals surface area contributed by atoms with Gasteiger partial charge in [0.05, 0.1) is 0 Å². The van der Waals surface area contributed by atoms with Crippen LogP contribution >= 0.6 is 0 Å². The molecule has 13 heavy (non-hydrogen) atoms. The van der Waals surface area contributed by atoms with E-state index in [0.29, 0.717) is 11.8 Å². The number of nitrogens with one attached hydrogen (secondary N) is 1. The molecule has 0 heterocycles. The third-order valence-electron chi connectivity index (χ3n) is 2.97. The summed E-state index contributed by atoms with van der Waals surface area (Å²) in [6.45, 7) is 0. The minimum Gasteiger partial charge on any atom is -0.385 e. The Hall–Kier alpha value is -0.790. The van der Waals surface area contributed by atoms with Crippen molar-refractivity contribution in [2.45, 2.75) is 51.0 Å². The molecule has 0 amide bonds. The molecule has 0 aliphatic heterocycles. The SMILES string of the molecule is O=C1C=C(NC2CCCCC2)CC1. The minimum absolute atomic E-state index is 0.290. The van der Waals surface area contributed by atoms with Crippen LogP contribution < -0.4 is 5.32 Å². The third kappa shape index (κ3) is 2.33. The summed E-state index contributed by atoms with van der Waals surface area (Å²) in [6.07, 6.45) is 10.1. The van der Waals surface area contributed by atoms with Gasteiger partial charge in [0.1, 0.15) is 0 Å². The molecule has 0 spiro atoms. The lowest BCUT2D eigenvalue weighted by atomic mass is 9.95. The van der Waals surface area contributed by atoms with Gasteiger partial charge in [-0.15, -0.1) is 0 Å². The van der Waals surface area contributed by atoms with Gasteiger partial charge in [-0.2, -0.15) is 0 Å². The van der Waals surface area contributed by atoms with Gasteiger partial charge < -0.3 is 5.32 Å². The molecule has 0 radical (unpaired) electrons. The highest BCUT2D eigenvalue weighted by Crippen LogP contribution is 2.20. The highest BCUT2D eigenvalue weighted by atomic mass is 16.1. The number of ketones is 1. The van der Waals surface area contributed by atoms with Crippen LogP contribution in [0, 0.1) is 0 Å². The number of carbonyl (C=O) groups excluding carboxylic acids is 1. The fraction of sp³-hybridized carbons (Fsp3) is 0.727. The van der Waals surface area contributed by atoms with Crippen LogP contribution in [0.25, 0.3) is 0 Å². The molecule has 72 valence electrons. The van der Waals surface area contributed by atoms with Crippen molar-refractivity contribution in [3.63, 3.8) is 0 Å². The molecule has 1 fully saturated rings. The van der Waals surface area contributed by atoms with E-state index in [2.05, 4.69) is 5.32 Å². The van der Waals surface area contributed by atoms with Crippen LogP contribution in [0.2, 0.25) is 0 Å². The van der Waals surface area contributed by atoms with Crippen molar-refractivity contribution in [1.29, 1.82) is 0 Å². The number of hydrogen-bond donors (Lipinski definition) is 1. The topological polar surface area (TPSA) is 29.1 Å². The fourth-order valence-corrected chi connectivity index (χ4v) is 2.22. The van der Waals surface area contributed by atoms with E-state index in [4.69, 9.17) is 0 Å². The third-order valence-corrected chi connectivity index (χ3v) is 2.97. The predicted octanol–water partition coefficient (Wildman–Crippen LogP) is 2.16. The van der Waals surface area contributed by atoms with Crippen molar-refractivity contribution in [2.24, 2.45) is 0 Å². The van der Waals surface area contributed by atoms with E-state index in [1.807, 2.05) is 0 Å². The van der Waals surface area contributed by atoms with Crippen LogP contribution in [0.3, 0.4) is 0 Å². The first kappa shape index (κ1) is 8.79. The summed E-state index contributed by atoms with van der Waals surface area (Å²) >= 11 is 0. The summed E-state index contributed by atoms with van der Waals surface area (Å²) < 4.78 is 0. The van der Waals surface area contributed by atoms with E-state index in [1.54, 1.807) is 6.08 Å². The molecule has 0 atom stereocenters. The van der Waals surface area contributed by atoms with E-state index < -0.39 is 0 Å². The summed E-state index contributed by atoms with van der Waals surface area (Å²) in [5.41, 5.74) is 1.18. The Morgan fingerprint density at radius 1 is 1.15 bits per heavy atom. The van der Waals surface area contributed by atoms with Crippen LogP contribution in [-0.4, -0.2) is 11.8 Å². The molecule has 0 aromatic heterocycles. The molecule has 2 aliphatic rings. The second-order valence-corrected chi connectivity index (χ2v) is 4.12. The van der Waals surface area contributed by atoms with Gasteiger partial charge in [-0.25, -0.2) is 0 Å². The van der Waals surface area contributed by atoms with Gasteiger partial charge >= 0.3 is 0 Å². The van der Waals surface area contributed by atoms with Crippen LogP contribution in [0.1, 0.15) is 44.9 Å². The monoisotopic (exact) mass is 179 g/mol. The first-order valence-corrected chi connectivity index (χ1v) is 5.34. The maximum absolute atomic E-state index is 11.0. The number of allylic oxidation sites excluding steroid dienone is 2. The number of hydrogen-bond acceptors (Lipinski definition) is 2. The Labute approximate surface area is 79.4 Å². The lowest BCUT2D eigenvalue weighted by Gasteiger charge is -2.24. The highest BCUT2D eigenvalue weighted by Gasteiger charge is 2.17. The Balaban J connectivity index is 1.83.